The van der Waals surface area contributed by atoms with E-state index >= 15 is 0 Å². The Morgan fingerprint density at radius 1 is 1.00 bits per heavy atom. The van der Waals surface area contributed by atoms with Gasteiger partial charge in [-0.1, -0.05) is 69.7 Å². The quantitative estimate of drug-likeness (QED) is 0.594. The molecule has 0 aliphatic carbocycles. The minimum Gasteiger partial charge on any atom is -0.261 e. The summed E-state index contributed by atoms with van der Waals surface area (Å²) in [5.74, 6) is 0.574. The lowest BCUT2D eigenvalue weighted by atomic mass is 9.91. The summed E-state index contributed by atoms with van der Waals surface area (Å²) in [5, 5.41) is 0. The van der Waals surface area contributed by atoms with Crippen molar-refractivity contribution in [2.24, 2.45) is 4.99 Å². The lowest BCUT2D eigenvalue weighted by molar-refractivity contribution is 0.867. The van der Waals surface area contributed by atoms with Crippen molar-refractivity contribution >= 4 is 5.71 Å². The third-order valence-corrected chi connectivity index (χ3v) is 4.73. The molecule has 0 fully saturated rings. The first-order chi connectivity index (χ1) is 11.7. The molecular weight excluding hydrogens is 290 g/mol. The van der Waals surface area contributed by atoms with Gasteiger partial charge in [0.2, 0.25) is 0 Å². The normalized spacial score (nSPS) is 14.1. The van der Waals surface area contributed by atoms with E-state index in [0.29, 0.717) is 5.92 Å². The van der Waals surface area contributed by atoms with Crippen LogP contribution in [0, 0.1) is 0 Å². The van der Waals surface area contributed by atoms with E-state index in [-0.39, 0.29) is 0 Å². The van der Waals surface area contributed by atoms with Crippen LogP contribution >= 0.6 is 0 Å². The molecule has 1 heterocycles. The molecule has 0 bridgehead atoms. The summed E-state index contributed by atoms with van der Waals surface area (Å²) >= 11 is 0. The molecule has 0 spiro atoms. The van der Waals surface area contributed by atoms with Gasteiger partial charge >= 0.3 is 0 Å². The van der Waals surface area contributed by atoms with Crippen LogP contribution in [-0.4, -0.2) is 5.71 Å². The molecule has 0 unspecified atom stereocenters. The van der Waals surface area contributed by atoms with Gasteiger partial charge in [-0.2, -0.15) is 0 Å². The molecule has 0 atom stereocenters. The third kappa shape index (κ3) is 3.67. The Hall–Kier alpha value is -2.15. The fourth-order valence-corrected chi connectivity index (χ4v) is 3.28. The van der Waals surface area contributed by atoms with E-state index < -0.39 is 0 Å². The monoisotopic (exact) mass is 317 g/mol. The number of aryl methyl sites for hydroxylation is 1. The SMILES string of the molecule is CCCc1ccc(-c2ccc(C(C)C)cc2)cc1C1=NC=CCC1. The molecule has 1 heteroatoms. The number of benzene rings is 2. The Balaban J connectivity index is 2.00. The minimum atomic E-state index is 0.574. The Morgan fingerprint density at radius 3 is 2.38 bits per heavy atom. The van der Waals surface area contributed by atoms with Gasteiger partial charge in [0.25, 0.3) is 0 Å². The maximum atomic E-state index is 4.65. The van der Waals surface area contributed by atoms with Gasteiger partial charge in [-0.05, 0) is 59.1 Å². The molecule has 0 amide bonds. The Morgan fingerprint density at radius 2 is 1.75 bits per heavy atom. The highest BCUT2D eigenvalue weighted by Crippen LogP contribution is 2.27. The Kier molecular flexibility index (Phi) is 5.30. The Bertz CT molecular complexity index is 748. The van der Waals surface area contributed by atoms with Crippen LogP contribution in [-0.2, 0) is 6.42 Å². The van der Waals surface area contributed by atoms with E-state index in [2.05, 4.69) is 74.3 Å². The van der Waals surface area contributed by atoms with E-state index in [4.69, 9.17) is 0 Å². The second-order valence-corrected chi connectivity index (χ2v) is 6.90. The van der Waals surface area contributed by atoms with Gasteiger partial charge in [-0.15, -0.1) is 0 Å². The van der Waals surface area contributed by atoms with Crippen LogP contribution in [0.5, 0.6) is 0 Å². The van der Waals surface area contributed by atoms with Crippen LogP contribution in [0.1, 0.15) is 62.6 Å². The molecule has 1 aliphatic heterocycles. The van der Waals surface area contributed by atoms with Gasteiger partial charge in [0.1, 0.15) is 0 Å². The fraction of sp³-hybridized carbons (Fsp3) is 0.348. The zero-order valence-electron chi connectivity index (χ0n) is 15.0. The molecule has 0 radical (unpaired) electrons. The molecule has 1 nitrogen and oxygen atoms in total. The van der Waals surface area contributed by atoms with Crippen LogP contribution in [0.15, 0.2) is 59.7 Å². The number of rotatable bonds is 5. The van der Waals surface area contributed by atoms with Gasteiger partial charge in [-0.3, -0.25) is 4.99 Å². The highest BCUT2D eigenvalue weighted by Gasteiger charge is 2.12. The van der Waals surface area contributed by atoms with Crippen molar-refractivity contribution in [2.45, 2.75) is 52.4 Å². The van der Waals surface area contributed by atoms with Gasteiger partial charge < -0.3 is 0 Å². The molecule has 2 aromatic carbocycles. The largest absolute Gasteiger partial charge is 0.261 e. The maximum absolute atomic E-state index is 4.65. The predicted molar refractivity (Wildman–Crippen MR) is 105 cm³/mol. The first-order valence-electron chi connectivity index (χ1n) is 9.14. The van der Waals surface area contributed by atoms with Crippen LogP contribution < -0.4 is 0 Å². The fourth-order valence-electron chi connectivity index (χ4n) is 3.28. The summed E-state index contributed by atoms with van der Waals surface area (Å²) in [6.07, 6.45) is 8.53. The van der Waals surface area contributed by atoms with Gasteiger partial charge in [-0.25, -0.2) is 0 Å². The summed E-state index contributed by atoms with van der Waals surface area (Å²) in [6, 6.07) is 15.9. The summed E-state index contributed by atoms with van der Waals surface area (Å²) in [7, 11) is 0. The summed E-state index contributed by atoms with van der Waals surface area (Å²) in [5.41, 5.74) is 7.97. The highest BCUT2D eigenvalue weighted by molar-refractivity contribution is 6.03. The molecule has 124 valence electrons. The topological polar surface area (TPSA) is 12.4 Å². The average molecular weight is 317 g/mol. The number of allylic oxidation sites excluding steroid dienone is 1. The second-order valence-electron chi connectivity index (χ2n) is 6.90. The molecule has 0 N–H and O–H groups in total. The minimum absolute atomic E-state index is 0.574. The van der Waals surface area contributed by atoms with Gasteiger partial charge in [0.15, 0.2) is 0 Å². The average Bonchev–Trinajstić information content (AvgIpc) is 2.63. The molecule has 2 aromatic rings. The number of nitrogens with zero attached hydrogens (tertiary/aromatic N) is 1. The zero-order chi connectivity index (χ0) is 16.9. The van der Waals surface area contributed by atoms with Crippen LogP contribution in [0.25, 0.3) is 11.1 Å². The van der Waals surface area contributed by atoms with Crippen molar-refractivity contribution in [1.82, 2.24) is 0 Å². The van der Waals surface area contributed by atoms with Crippen molar-refractivity contribution in [2.75, 3.05) is 0 Å². The first-order valence-corrected chi connectivity index (χ1v) is 9.14. The van der Waals surface area contributed by atoms with Crippen molar-refractivity contribution in [3.63, 3.8) is 0 Å². The van der Waals surface area contributed by atoms with E-state index in [0.717, 1.165) is 19.3 Å². The molecule has 0 aromatic heterocycles. The standard InChI is InChI=1S/C23H27N/c1-4-7-20-13-14-21(16-22(20)23-8-5-6-15-24-23)19-11-9-18(10-12-19)17(2)3/h6,9-17H,4-5,7-8H2,1-3H3. The van der Waals surface area contributed by atoms with Crippen molar-refractivity contribution in [3.05, 3.63) is 71.4 Å². The molecule has 0 saturated heterocycles. The van der Waals surface area contributed by atoms with Gasteiger partial charge in [0, 0.05) is 11.9 Å². The van der Waals surface area contributed by atoms with E-state index in [9.17, 15) is 0 Å². The van der Waals surface area contributed by atoms with E-state index in [1.165, 1.54) is 39.9 Å². The molecule has 0 saturated carbocycles. The second kappa shape index (κ2) is 7.61. The van der Waals surface area contributed by atoms with Gasteiger partial charge in [0.05, 0.1) is 0 Å². The van der Waals surface area contributed by atoms with Crippen LogP contribution in [0.3, 0.4) is 0 Å². The first kappa shape index (κ1) is 16.7. The smallest absolute Gasteiger partial charge is 0.0481 e. The lowest BCUT2D eigenvalue weighted by Crippen LogP contribution is -2.07. The molecule has 1 aliphatic rings. The third-order valence-electron chi connectivity index (χ3n) is 4.73. The number of hydrogen-bond acceptors (Lipinski definition) is 1. The molecular formula is C23H27N. The summed E-state index contributed by atoms with van der Waals surface area (Å²) < 4.78 is 0. The Labute approximate surface area is 146 Å². The molecule has 3 rings (SSSR count). The lowest BCUT2D eigenvalue weighted by Gasteiger charge is -2.15. The number of aliphatic imine (C=N–C) groups is 1. The zero-order valence-corrected chi connectivity index (χ0v) is 15.0. The maximum Gasteiger partial charge on any atom is 0.0481 e. The van der Waals surface area contributed by atoms with Crippen LogP contribution in [0.2, 0.25) is 0 Å². The van der Waals surface area contributed by atoms with E-state index in [1.807, 2.05) is 6.20 Å². The molecule has 24 heavy (non-hydrogen) atoms. The van der Waals surface area contributed by atoms with Crippen molar-refractivity contribution in [1.29, 1.82) is 0 Å². The highest BCUT2D eigenvalue weighted by atomic mass is 14.7. The van der Waals surface area contributed by atoms with E-state index in [1.54, 1.807) is 0 Å². The number of hydrogen-bond donors (Lipinski definition) is 0. The summed E-state index contributed by atoms with van der Waals surface area (Å²) in [6.45, 7) is 6.72. The summed E-state index contributed by atoms with van der Waals surface area (Å²) in [4.78, 5) is 4.65. The predicted octanol–water partition coefficient (Wildman–Crippen LogP) is 6.53. The van der Waals surface area contributed by atoms with Crippen molar-refractivity contribution < 1.29 is 0 Å². The van der Waals surface area contributed by atoms with Crippen molar-refractivity contribution in [3.8, 4) is 11.1 Å². The van der Waals surface area contributed by atoms with Crippen LogP contribution in [0.4, 0.5) is 0 Å².